The van der Waals surface area contributed by atoms with Gasteiger partial charge in [0.2, 0.25) is 0 Å². The summed E-state index contributed by atoms with van der Waals surface area (Å²) in [5, 5.41) is 11.6. The number of rotatable bonds is 4. The zero-order valence-electron chi connectivity index (χ0n) is 12.9. The normalized spacial score (nSPS) is 12.4. The van der Waals surface area contributed by atoms with Crippen LogP contribution in [0.1, 0.15) is 39.2 Å². The first-order chi connectivity index (χ1) is 9.64. The van der Waals surface area contributed by atoms with Gasteiger partial charge in [-0.05, 0) is 45.4 Å². The van der Waals surface area contributed by atoms with E-state index in [0.29, 0.717) is 17.0 Å². The molecule has 0 bridgehead atoms. The average molecular weight is 295 g/mol. The lowest BCUT2D eigenvalue weighted by Crippen LogP contribution is -2.27. The number of nitrogens with one attached hydrogen (secondary N) is 1. The van der Waals surface area contributed by atoms with Crippen LogP contribution in [0.15, 0.2) is 18.2 Å². The van der Waals surface area contributed by atoms with Crippen molar-refractivity contribution in [1.29, 1.82) is 0 Å². The number of carbonyl (C=O) groups excluding carboxylic acids is 1. The van der Waals surface area contributed by atoms with Gasteiger partial charge in [0.05, 0.1) is 18.7 Å². The lowest BCUT2D eigenvalue weighted by molar-refractivity contribution is -0.138. The lowest BCUT2D eigenvalue weighted by Gasteiger charge is -2.20. The first-order valence-corrected chi connectivity index (χ1v) is 6.55. The Labute approximate surface area is 124 Å². The highest BCUT2D eigenvalue weighted by atomic mass is 16.6. The second-order valence-electron chi connectivity index (χ2n) is 5.65. The van der Waals surface area contributed by atoms with Crippen LogP contribution in [-0.2, 0) is 9.53 Å². The van der Waals surface area contributed by atoms with Crippen molar-refractivity contribution in [3.05, 3.63) is 23.8 Å². The molecule has 6 nitrogen and oxygen atoms in total. The molecule has 116 valence electrons. The highest BCUT2D eigenvalue weighted by Crippen LogP contribution is 2.29. The first kappa shape index (κ1) is 16.8. The van der Waals surface area contributed by atoms with Gasteiger partial charge in [0.1, 0.15) is 11.4 Å². The molecular formula is C15H21NO5. The van der Waals surface area contributed by atoms with Crippen molar-refractivity contribution in [2.75, 3.05) is 12.4 Å². The van der Waals surface area contributed by atoms with E-state index < -0.39 is 23.6 Å². The predicted octanol–water partition coefficient (Wildman–Crippen LogP) is 3.23. The maximum absolute atomic E-state index is 11.7. The molecule has 21 heavy (non-hydrogen) atoms. The second kappa shape index (κ2) is 6.47. The van der Waals surface area contributed by atoms with E-state index in [9.17, 15) is 9.59 Å². The standard InChI is InChI=1S/C15H21NO5/c1-9(13(17)18)10-6-7-11(12(8-10)20-5)16-14(19)21-15(2,3)4/h6-9H,1-5H3,(H,16,19)(H,17,18). The Hall–Kier alpha value is -2.24. The molecule has 2 N–H and O–H groups in total. The minimum Gasteiger partial charge on any atom is -0.495 e. The summed E-state index contributed by atoms with van der Waals surface area (Å²) in [6.45, 7) is 6.88. The van der Waals surface area contributed by atoms with Gasteiger partial charge in [-0.2, -0.15) is 0 Å². The maximum atomic E-state index is 11.7. The van der Waals surface area contributed by atoms with Gasteiger partial charge in [0.25, 0.3) is 0 Å². The Kier molecular flexibility index (Phi) is 5.18. The van der Waals surface area contributed by atoms with Crippen LogP contribution in [0.3, 0.4) is 0 Å². The van der Waals surface area contributed by atoms with Crippen LogP contribution in [0, 0.1) is 0 Å². The van der Waals surface area contributed by atoms with Gasteiger partial charge >= 0.3 is 12.1 Å². The Morgan fingerprint density at radius 2 is 1.90 bits per heavy atom. The number of benzene rings is 1. The summed E-state index contributed by atoms with van der Waals surface area (Å²) in [7, 11) is 1.45. The molecule has 0 radical (unpaired) electrons. The van der Waals surface area contributed by atoms with E-state index in [0.717, 1.165) is 0 Å². The molecule has 6 heteroatoms. The van der Waals surface area contributed by atoms with Crippen molar-refractivity contribution in [3.8, 4) is 5.75 Å². The summed E-state index contributed by atoms with van der Waals surface area (Å²) in [5.41, 5.74) is 0.414. The van der Waals surface area contributed by atoms with Crippen molar-refractivity contribution in [1.82, 2.24) is 0 Å². The summed E-state index contributed by atoms with van der Waals surface area (Å²) in [4.78, 5) is 22.7. The Morgan fingerprint density at radius 1 is 1.29 bits per heavy atom. The van der Waals surface area contributed by atoms with Crippen LogP contribution in [0.5, 0.6) is 5.75 Å². The number of anilines is 1. The fourth-order valence-corrected chi connectivity index (χ4v) is 1.64. The smallest absolute Gasteiger partial charge is 0.412 e. The molecule has 1 aromatic carbocycles. The predicted molar refractivity (Wildman–Crippen MR) is 78.9 cm³/mol. The van der Waals surface area contributed by atoms with Crippen LogP contribution in [0.4, 0.5) is 10.5 Å². The van der Waals surface area contributed by atoms with Gasteiger partial charge < -0.3 is 14.6 Å². The molecule has 0 aromatic heterocycles. The number of hydrogen-bond acceptors (Lipinski definition) is 4. The van der Waals surface area contributed by atoms with Crippen molar-refractivity contribution >= 4 is 17.7 Å². The van der Waals surface area contributed by atoms with Gasteiger partial charge in [-0.1, -0.05) is 6.07 Å². The molecular weight excluding hydrogens is 274 g/mol. The van der Waals surface area contributed by atoms with Crippen LogP contribution < -0.4 is 10.1 Å². The molecule has 0 heterocycles. The van der Waals surface area contributed by atoms with E-state index in [1.807, 2.05) is 0 Å². The second-order valence-corrected chi connectivity index (χ2v) is 5.65. The van der Waals surface area contributed by atoms with E-state index in [-0.39, 0.29) is 0 Å². The van der Waals surface area contributed by atoms with Crippen LogP contribution in [0.2, 0.25) is 0 Å². The summed E-state index contributed by atoms with van der Waals surface area (Å²) in [6, 6.07) is 4.82. The van der Waals surface area contributed by atoms with Crippen LogP contribution >= 0.6 is 0 Å². The fourth-order valence-electron chi connectivity index (χ4n) is 1.64. The molecule has 0 fully saturated rings. The Balaban J connectivity index is 2.94. The number of carbonyl (C=O) groups is 2. The van der Waals surface area contributed by atoms with Crippen LogP contribution in [0.25, 0.3) is 0 Å². The molecule has 0 spiro atoms. The minimum absolute atomic E-state index is 0.381. The quantitative estimate of drug-likeness (QED) is 0.890. The Morgan fingerprint density at radius 3 is 2.38 bits per heavy atom. The van der Waals surface area contributed by atoms with Gasteiger partial charge in [-0.15, -0.1) is 0 Å². The molecule has 0 aliphatic rings. The van der Waals surface area contributed by atoms with Crippen molar-refractivity contribution in [2.45, 2.75) is 39.2 Å². The van der Waals surface area contributed by atoms with Gasteiger partial charge in [-0.25, -0.2) is 4.79 Å². The molecule has 0 aliphatic heterocycles. The molecule has 1 rings (SSSR count). The van der Waals surface area contributed by atoms with E-state index >= 15 is 0 Å². The van der Waals surface area contributed by atoms with E-state index in [1.165, 1.54) is 7.11 Å². The number of methoxy groups -OCH3 is 1. The van der Waals surface area contributed by atoms with Gasteiger partial charge in [0.15, 0.2) is 0 Å². The first-order valence-electron chi connectivity index (χ1n) is 6.55. The van der Waals surface area contributed by atoms with Gasteiger partial charge in [-0.3, -0.25) is 10.1 Å². The molecule has 1 amide bonds. The minimum atomic E-state index is -0.926. The topological polar surface area (TPSA) is 84.9 Å². The third-order valence-electron chi connectivity index (χ3n) is 2.73. The average Bonchev–Trinajstić information content (AvgIpc) is 2.35. The van der Waals surface area contributed by atoms with Gasteiger partial charge in [0, 0.05) is 0 Å². The SMILES string of the molecule is COc1cc(C(C)C(=O)O)ccc1NC(=O)OC(C)(C)C. The highest BCUT2D eigenvalue weighted by molar-refractivity contribution is 5.87. The van der Waals surface area contributed by atoms with E-state index in [2.05, 4.69) is 5.32 Å². The summed E-state index contributed by atoms with van der Waals surface area (Å²) >= 11 is 0. The molecule has 0 aliphatic carbocycles. The number of hydrogen-bond donors (Lipinski definition) is 2. The molecule has 1 aromatic rings. The summed E-state index contributed by atoms with van der Waals surface area (Å²) < 4.78 is 10.3. The molecule has 0 saturated heterocycles. The summed E-state index contributed by atoms with van der Waals surface area (Å²) in [5.74, 6) is -1.20. The number of aliphatic carboxylic acids is 1. The third-order valence-corrected chi connectivity index (χ3v) is 2.73. The summed E-state index contributed by atoms with van der Waals surface area (Å²) in [6.07, 6.45) is -0.597. The number of carboxylic acid groups (broad SMARTS) is 1. The largest absolute Gasteiger partial charge is 0.495 e. The van der Waals surface area contributed by atoms with Crippen molar-refractivity contribution < 1.29 is 24.2 Å². The Bertz CT molecular complexity index is 533. The van der Waals surface area contributed by atoms with Crippen molar-refractivity contribution in [2.24, 2.45) is 0 Å². The van der Waals surface area contributed by atoms with E-state index in [1.54, 1.807) is 45.9 Å². The van der Waals surface area contributed by atoms with E-state index in [4.69, 9.17) is 14.6 Å². The zero-order chi connectivity index (χ0) is 16.2. The molecule has 0 saturated carbocycles. The fraction of sp³-hybridized carbons (Fsp3) is 0.467. The molecule has 1 unspecified atom stereocenters. The maximum Gasteiger partial charge on any atom is 0.412 e. The van der Waals surface area contributed by atoms with Crippen LogP contribution in [-0.4, -0.2) is 29.9 Å². The number of ether oxygens (including phenoxy) is 2. The van der Waals surface area contributed by atoms with Crippen molar-refractivity contribution in [3.63, 3.8) is 0 Å². The number of amides is 1. The third kappa shape index (κ3) is 4.98. The monoisotopic (exact) mass is 295 g/mol. The number of carboxylic acids is 1. The molecule has 1 atom stereocenters. The lowest BCUT2D eigenvalue weighted by atomic mass is 10.0. The highest BCUT2D eigenvalue weighted by Gasteiger charge is 2.19. The zero-order valence-corrected chi connectivity index (χ0v) is 12.9.